The molecule has 8 heteroatoms. The molecule has 3 aliphatic rings. The minimum absolute atomic E-state index is 0. The highest BCUT2D eigenvalue weighted by Gasteiger charge is 2.28. The van der Waals surface area contributed by atoms with Crippen molar-refractivity contribution in [2.24, 2.45) is 0 Å². The van der Waals surface area contributed by atoms with E-state index in [2.05, 4.69) is 15.1 Å². The molecule has 2 bridgehead atoms. The Morgan fingerprint density at radius 3 is 2.43 bits per heavy atom. The fourth-order valence-electron chi connectivity index (χ4n) is 3.93. The van der Waals surface area contributed by atoms with Crippen molar-refractivity contribution in [1.29, 1.82) is 0 Å². The number of halogens is 1. The van der Waals surface area contributed by atoms with Crippen LogP contribution in [-0.2, 0) is 0 Å². The molecule has 1 amide bonds. The van der Waals surface area contributed by atoms with Crippen molar-refractivity contribution in [1.82, 2.24) is 4.90 Å². The van der Waals surface area contributed by atoms with E-state index in [9.17, 15) is 14.9 Å². The summed E-state index contributed by atoms with van der Waals surface area (Å²) in [7, 11) is 0. The van der Waals surface area contributed by atoms with Gasteiger partial charge in [-0.15, -0.1) is 12.4 Å². The molecule has 2 aromatic carbocycles. The predicted molar refractivity (Wildman–Crippen MR) is 112 cm³/mol. The number of nitrogens with one attached hydrogen (secondary N) is 1. The van der Waals surface area contributed by atoms with Crippen molar-refractivity contribution in [3.8, 4) is 0 Å². The second-order valence-electron chi connectivity index (χ2n) is 7.07. The average molecular weight is 403 g/mol. The van der Waals surface area contributed by atoms with Crippen molar-refractivity contribution < 1.29 is 9.72 Å². The quantitative estimate of drug-likeness (QED) is 0.625. The van der Waals surface area contributed by atoms with Gasteiger partial charge in [-0.3, -0.25) is 14.9 Å². The number of amides is 1. The van der Waals surface area contributed by atoms with Crippen LogP contribution in [0.4, 0.5) is 17.1 Å². The number of nitro benzene ring substituents is 1. The normalized spacial score (nSPS) is 20.8. The number of non-ortho nitro benzene ring substituents is 1. The van der Waals surface area contributed by atoms with Crippen LogP contribution in [0.15, 0.2) is 48.5 Å². The van der Waals surface area contributed by atoms with E-state index in [0.717, 1.165) is 13.1 Å². The van der Waals surface area contributed by atoms with Crippen molar-refractivity contribution in [3.05, 3.63) is 64.2 Å². The number of carbonyl (C=O) groups is 1. The van der Waals surface area contributed by atoms with Crippen molar-refractivity contribution >= 4 is 35.4 Å². The Hall–Kier alpha value is -2.64. The van der Waals surface area contributed by atoms with Crippen LogP contribution in [0.2, 0.25) is 0 Å². The molecule has 3 fully saturated rings. The minimum Gasteiger partial charge on any atom is -0.367 e. The van der Waals surface area contributed by atoms with E-state index in [1.807, 2.05) is 24.3 Å². The van der Waals surface area contributed by atoms with Gasteiger partial charge in [0.1, 0.15) is 0 Å². The van der Waals surface area contributed by atoms with E-state index in [1.54, 1.807) is 6.07 Å². The van der Waals surface area contributed by atoms with E-state index in [1.165, 1.54) is 49.8 Å². The van der Waals surface area contributed by atoms with Gasteiger partial charge in [-0.1, -0.05) is 6.07 Å². The number of fused-ring (bicyclic) bond motifs is 4. The van der Waals surface area contributed by atoms with Crippen LogP contribution in [0.25, 0.3) is 0 Å². The maximum Gasteiger partial charge on any atom is 0.270 e. The maximum atomic E-state index is 12.4. The molecule has 3 heterocycles. The molecular formula is C20H23ClN4O3. The lowest BCUT2D eigenvalue weighted by atomic mass is 10.0. The van der Waals surface area contributed by atoms with Gasteiger partial charge in [0, 0.05) is 61.3 Å². The molecule has 28 heavy (non-hydrogen) atoms. The molecule has 0 saturated carbocycles. The van der Waals surface area contributed by atoms with Crippen LogP contribution in [0.1, 0.15) is 23.2 Å². The molecule has 0 atom stereocenters. The van der Waals surface area contributed by atoms with Crippen LogP contribution < -0.4 is 10.2 Å². The van der Waals surface area contributed by atoms with Crippen LogP contribution in [-0.4, -0.2) is 48.0 Å². The number of piperidine rings is 1. The number of carbonyl (C=O) groups excluding carboxylic acids is 1. The topological polar surface area (TPSA) is 78.7 Å². The van der Waals surface area contributed by atoms with Crippen LogP contribution in [0, 0.1) is 10.1 Å². The summed E-state index contributed by atoms with van der Waals surface area (Å²) >= 11 is 0. The number of benzene rings is 2. The first kappa shape index (κ1) is 20.1. The van der Waals surface area contributed by atoms with Gasteiger partial charge in [0.15, 0.2) is 0 Å². The van der Waals surface area contributed by atoms with E-state index >= 15 is 0 Å². The Morgan fingerprint density at radius 1 is 1.04 bits per heavy atom. The summed E-state index contributed by atoms with van der Waals surface area (Å²) in [5.74, 6) is -0.354. The number of hydrogen-bond acceptors (Lipinski definition) is 5. The molecule has 148 valence electrons. The summed E-state index contributed by atoms with van der Waals surface area (Å²) in [6.07, 6.45) is 2.40. The molecule has 1 N–H and O–H groups in total. The number of nitro groups is 1. The summed E-state index contributed by atoms with van der Waals surface area (Å²) < 4.78 is 0. The highest BCUT2D eigenvalue weighted by molar-refractivity contribution is 6.04. The lowest BCUT2D eigenvalue weighted by Crippen LogP contribution is -2.37. The summed E-state index contributed by atoms with van der Waals surface area (Å²) in [5, 5.41) is 13.7. The first-order valence-corrected chi connectivity index (χ1v) is 9.25. The zero-order valence-electron chi connectivity index (χ0n) is 15.4. The highest BCUT2D eigenvalue weighted by Crippen LogP contribution is 2.28. The lowest BCUT2D eigenvalue weighted by molar-refractivity contribution is -0.384. The number of nitrogens with zero attached hydrogens (tertiary/aromatic N) is 3. The van der Waals surface area contributed by atoms with Gasteiger partial charge in [0.25, 0.3) is 11.6 Å². The number of anilines is 2. The van der Waals surface area contributed by atoms with Gasteiger partial charge in [0.2, 0.25) is 0 Å². The molecule has 3 saturated heterocycles. The highest BCUT2D eigenvalue weighted by atomic mass is 35.5. The van der Waals surface area contributed by atoms with Crippen molar-refractivity contribution in [2.45, 2.75) is 18.9 Å². The summed E-state index contributed by atoms with van der Waals surface area (Å²) in [4.78, 5) is 27.7. The summed E-state index contributed by atoms with van der Waals surface area (Å²) in [5.41, 5.74) is 2.03. The maximum absolute atomic E-state index is 12.4. The third-order valence-electron chi connectivity index (χ3n) is 5.43. The van der Waals surface area contributed by atoms with Gasteiger partial charge >= 0.3 is 0 Å². The van der Waals surface area contributed by atoms with E-state index in [-0.39, 0.29) is 29.6 Å². The van der Waals surface area contributed by atoms with Gasteiger partial charge in [-0.2, -0.15) is 0 Å². The SMILES string of the molecule is Cl.O=C(Nc1ccc(N2CCN3CCC2CC3)cc1)c1cccc([N+](=O)[O-])c1. The predicted octanol–water partition coefficient (Wildman–Crippen LogP) is 3.55. The van der Waals surface area contributed by atoms with E-state index in [4.69, 9.17) is 0 Å². The largest absolute Gasteiger partial charge is 0.367 e. The molecule has 5 rings (SSSR count). The third kappa shape index (κ3) is 4.26. The fourth-order valence-corrected chi connectivity index (χ4v) is 3.93. The standard InChI is InChI=1S/C20H22N4O3.ClH/c25-20(15-2-1-3-19(14-15)24(26)27)21-16-4-6-17(7-5-16)23-13-12-22-10-8-18(23)9-11-22;/h1-7,14,18H,8-13H2,(H,21,25);1H. The van der Waals surface area contributed by atoms with Gasteiger partial charge in [0.05, 0.1) is 4.92 Å². The van der Waals surface area contributed by atoms with E-state index < -0.39 is 4.92 Å². The zero-order valence-corrected chi connectivity index (χ0v) is 16.2. The lowest BCUT2D eigenvalue weighted by Gasteiger charge is -2.33. The summed E-state index contributed by atoms with van der Waals surface area (Å²) in [6, 6.07) is 14.2. The molecular weight excluding hydrogens is 380 g/mol. The van der Waals surface area contributed by atoms with Crippen molar-refractivity contribution in [3.63, 3.8) is 0 Å². The molecule has 2 aromatic rings. The van der Waals surface area contributed by atoms with Crippen LogP contribution >= 0.6 is 12.4 Å². The molecule has 0 aliphatic carbocycles. The average Bonchev–Trinajstić information content (AvgIpc) is 3.02. The molecule has 3 aliphatic heterocycles. The minimum atomic E-state index is -0.503. The van der Waals surface area contributed by atoms with Gasteiger partial charge in [-0.05, 0) is 43.2 Å². The Labute approximate surface area is 169 Å². The molecule has 0 radical (unpaired) electrons. The second kappa shape index (κ2) is 8.58. The zero-order chi connectivity index (χ0) is 18.8. The van der Waals surface area contributed by atoms with Gasteiger partial charge < -0.3 is 15.1 Å². The number of rotatable bonds is 4. The first-order valence-electron chi connectivity index (χ1n) is 9.25. The summed E-state index contributed by atoms with van der Waals surface area (Å²) in [6.45, 7) is 4.49. The fraction of sp³-hybridized carbons (Fsp3) is 0.350. The van der Waals surface area contributed by atoms with Crippen molar-refractivity contribution in [2.75, 3.05) is 36.4 Å². The molecule has 0 aromatic heterocycles. The van der Waals surface area contributed by atoms with Gasteiger partial charge in [-0.25, -0.2) is 0 Å². The van der Waals surface area contributed by atoms with E-state index in [0.29, 0.717) is 11.7 Å². The first-order chi connectivity index (χ1) is 13.1. The Balaban J connectivity index is 0.00000225. The van der Waals surface area contributed by atoms with Crippen LogP contribution in [0.5, 0.6) is 0 Å². The third-order valence-corrected chi connectivity index (χ3v) is 5.43. The van der Waals surface area contributed by atoms with Crippen LogP contribution in [0.3, 0.4) is 0 Å². The Morgan fingerprint density at radius 2 is 1.75 bits per heavy atom. The Kier molecular flexibility index (Phi) is 6.16. The molecule has 7 nitrogen and oxygen atoms in total. The Bertz CT molecular complexity index is 851. The molecule has 0 unspecified atom stereocenters. The number of hydrogen-bond donors (Lipinski definition) is 1. The second-order valence-corrected chi connectivity index (χ2v) is 7.07. The molecule has 0 spiro atoms. The monoisotopic (exact) mass is 402 g/mol. The smallest absolute Gasteiger partial charge is 0.270 e.